The van der Waals surface area contributed by atoms with Crippen molar-refractivity contribution in [3.63, 3.8) is 0 Å². The summed E-state index contributed by atoms with van der Waals surface area (Å²) >= 11 is 0. The van der Waals surface area contributed by atoms with Crippen molar-refractivity contribution in [2.45, 2.75) is 46.2 Å². The molecule has 20 heavy (non-hydrogen) atoms. The van der Waals surface area contributed by atoms with Gasteiger partial charge in [0.2, 0.25) is 5.91 Å². The summed E-state index contributed by atoms with van der Waals surface area (Å²) in [6.07, 6.45) is 0.772. The summed E-state index contributed by atoms with van der Waals surface area (Å²) in [5, 5.41) is 2.85. The zero-order chi connectivity index (χ0) is 15.5. The maximum atomic E-state index is 12.0. The summed E-state index contributed by atoms with van der Waals surface area (Å²) in [5.41, 5.74) is 0. The molecule has 118 valence electrons. The Labute approximate surface area is 121 Å². The number of rotatable bonds is 10. The fourth-order valence-electron chi connectivity index (χ4n) is 1.85. The normalized spacial score (nSPS) is 12.6. The first-order valence-electron chi connectivity index (χ1n) is 7.12. The van der Waals surface area contributed by atoms with Crippen molar-refractivity contribution in [2.75, 3.05) is 33.4 Å². The zero-order valence-electron chi connectivity index (χ0n) is 13.3. The van der Waals surface area contributed by atoms with Crippen LogP contribution in [-0.2, 0) is 19.1 Å². The lowest BCUT2D eigenvalue weighted by molar-refractivity contribution is -0.146. The van der Waals surface area contributed by atoms with E-state index in [-0.39, 0.29) is 30.5 Å². The molecule has 1 N–H and O–H groups in total. The molecule has 0 aliphatic heterocycles. The largest absolute Gasteiger partial charge is 0.465 e. The van der Waals surface area contributed by atoms with Crippen molar-refractivity contribution in [2.24, 2.45) is 0 Å². The summed E-state index contributed by atoms with van der Waals surface area (Å²) in [6, 6.07) is -0.291. The summed E-state index contributed by atoms with van der Waals surface area (Å²) in [5.74, 6) is -0.390. The summed E-state index contributed by atoms with van der Waals surface area (Å²) in [6.45, 7) is 9.13. The van der Waals surface area contributed by atoms with Crippen molar-refractivity contribution in [3.05, 3.63) is 0 Å². The van der Waals surface area contributed by atoms with Crippen LogP contribution in [0, 0.1) is 0 Å². The second-order valence-electron chi connectivity index (χ2n) is 4.88. The second kappa shape index (κ2) is 10.6. The molecule has 1 amide bonds. The van der Waals surface area contributed by atoms with Crippen LogP contribution in [0.2, 0.25) is 0 Å². The molecule has 0 spiro atoms. The maximum absolute atomic E-state index is 12.0. The van der Waals surface area contributed by atoms with Crippen LogP contribution in [0.3, 0.4) is 0 Å². The molecule has 1 atom stereocenters. The van der Waals surface area contributed by atoms with Crippen LogP contribution in [0.4, 0.5) is 0 Å². The molecule has 0 aromatic rings. The molecule has 0 aliphatic carbocycles. The lowest BCUT2D eigenvalue weighted by Gasteiger charge is -2.30. The van der Waals surface area contributed by atoms with E-state index in [4.69, 9.17) is 9.47 Å². The van der Waals surface area contributed by atoms with E-state index in [1.807, 2.05) is 18.7 Å². The highest BCUT2D eigenvalue weighted by Gasteiger charge is 2.25. The Hall–Kier alpha value is -1.14. The number of nitrogens with zero attached hydrogens (tertiary/aromatic N) is 1. The van der Waals surface area contributed by atoms with Crippen molar-refractivity contribution >= 4 is 11.9 Å². The van der Waals surface area contributed by atoms with Gasteiger partial charge in [0, 0.05) is 26.3 Å². The molecule has 0 aromatic heterocycles. The number of ether oxygens (including phenoxy) is 2. The molecule has 6 heteroatoms. The third kappa shape index (κ3) is 7.45. The highest BCUT2D eigenvalue weighted by atomic mass is 16.5. The Morgan fingerprint density at radius 3 is 2.40 bits per heavy atom. The monoisotopic (exact) mass is 288 g/mol. The molecule has 0 aliphatic rings. The first-order valence-corrected chi connectivity index (χ1v) is 7.12. The Morgan fingerprint density at radius 2 is 1.90 bits per heavy atom. The maximum Gasteiger partial charge on any atom is 0.320 e. The number of nitrogens with one attached hydrogen (secondary N) is 1. The van der Waals surface area contributed by atoms with Gasteiger partial charge >= 0.3 is 5.97 Å². The van der Waals surface area contributed by atoms with Gasteiger partial charge in [0.1, 0.15) is 0 Å². The number of esters is 1. The minimum atomic E-state index is -0.373. The Morgan fingerprint density at radius 1 is 1.25 bits per heavy atom. The predicted molar refractivity (Wildman–Crippen MR) is 77.4 cm³/mol. The van der Waals surface area contributed by atoms with E-state index in [0.717, 1.165) is 6.42 Å². The van der Waals surface area contributed by atoms with Gasteiger partial charge in [0.15, 0.2) is 0 Å². The molecule has 0 aromatic carbocycles. The van der Waals surface area contributed by atoms with Crippen molar-refractivity contribution in [1.82, 2.24) is 10.2 Å². The van der Waals surface area contributed by atoms with Gasteiger partial charge in [-0.3, -0.25) is 14.5 Å². The molecule has 0 radical (unpaired) electrons. The van der Waals surface area contributed by atoms with Gasteiger partial charge in [-0.15, -0.1) is 0 Å². The van der Waals surface area contributed by atoms with E-state index in [2.05, 4.69) is 5.32 Å². The molecule has 0 saturated heterocycles. The molecular formula is C14H28N2O4. The van der Waals surface area contributed by atoms with Crippen LogP contribution in [-0.4, -0.2) is 62.3 Å². The van der Waals surface area contributed by atoms with Gasteiger partial charge in [0.25, 0.3) is 0 Å². The molecule has 0 fully saturated rings. The highest BCUT2D eigenvalue weighted by Crippen LogP contribution is 2.06. The third-order valence-corrected chi connectivity index (χ3v) is 2.98. The van der Waals surface area contributed by atoms with Gasteiger partial charge < -0.3 is 14.8 Å². The van der Waals surface area contributed by atoms with Gasteiger partial charge in [-0.1, -0.05) is 0 Å². The number of methoxy groups -OCH3 is 1. The quantitative estimate of drug-likeness (QED) is 0.476. The molecule has 0 rings (SSSR count). The minimum absolute atomic E-state index is 0.0825. The number of hydrogen-bond acceptors (Lipinski definition) is 5. The second-order valence-corrected chi connectivity index (χ2v) is 4.88. The van der Waals surface area contributed by atoms with E-state index < -0.39 is 0 Å². The fraction of sp³-hybridized carbons (Fsp3) is 0.857. The number of carbonyl (C=O) groups is 2. The standard InChI is InChI=1S/C14H28N2O4/c1-6-20-13(17)10-16(11(2)3)12(4)14(18)15-8-7-9-19-5/h11-12H,6-10H2,1-5H3,(H,15,18). The molecule has 0 heterocycles. The summed E-state index contributed by atoms with van der Waals surface area (Å²) in [4.78, 5) is 25.4. The molecule has 0 bridgehead atoms. The molecular weight excluding hydrogens is 260 g/mol. The van der Waals surface area contributed by atoms with E-state index in [1.54, 1.807) is 21.0 Å². The molecule has 6 nitrogen and oxygen atoms in total. The van der Waals surface area contributed by atoms with E-state index in [9.17, 15) is 9.59 Å². The van der Waals surface area contributed by atoms with Gasteiger partial charge in [-0.2, -0.15) is 0 Å². The average Bonchev–Trinajstić information content (AvgIpc) is 2.40. The summed E-state index contributed by atoms with van der Waals surface area (Å²) in [7, 11) is 1.63. The Kier molecular flexibility index (Phi) is 10.0. The lowest BCUT2D eigenvalue weighted by Crippen LogP contribution is -2.50. The number of carbonyl (C=O) groups excluding carboxylic acids is 2. The van der Waals surface area contributed by atoms with Crippen LogP contribution in [0.5, 0.6) is 0 Å². The van der Waals surface area contributed by atoms with Crippen molar-refractivity contribution in [1.29, 1.82) is 0 Å². The van der Waals surface area contributed by atoms with Crippen LogP contribution in [0.1, 0.15) is 34.1 Å². The average molecular weight is 288 g/mol. The third-order valence-electron chi connectivity index (χ3n) is 2.98. The van der Waals surface area contributed by atoms with E-state index in [0.29, 0.717) is 19.8 Å². The summed E-state index contributed by atoms with van der Waals surface area (Å²) < 4.78 is 9.86. The highest BCUT2D eigenvalue weighted by molar-refractivity contribution is 5.82. The van der Waals surface area contributed by atoms with Gasteiger partial charge in [-0.05, 0) is 34.1 Å². The van der Waals surface area contributed by atoms with Crippen LogP contribution >= 0.6 is 0 Å². The first-order chi connectivity index (χ1) is 9.43. The smallest absolute Gasteiger partial charge is 0.320 e. The number of amides is 1. The van der Waals surface area contributed by atoms with E-state index in [1.165, 1.54) is 0 Å². The lowest BCUT2D eigenvalue weighted by atomic mass is 10.2. The zero-order valence-corrected chi connectivity index (χ0v) is 13.3. The van der Waals surface area contributed by atoms with Gasteiger partial charge in [-0.25, -0.2) is 0 Å². The number of hydrogen-bond donors (Lipinski definition) is 1. The topological polar surface area (TPSA) is 67.9 Å². The van der Waals surface area contributed by atoms with Crippen molar-refractivity contribution < 1.29 is 19.1 Å². The minimum Gasteiger partial charge on any atom is -0.465 e. The van der Waals surface area contributed by atoms with Crippen LogP contribution in [0.25, 0.3) is 0 Å². The SMILES string of the molecule is CCOC(=O)CN(C(C)C)C(C)C(=O)NCCCOC. The Bertz CT molecular complexity index is 295. The van der Waals surface area contributed by atoms with E-state index >= 15 is 0 Å². The molecule has 0 saturated carbocycles. The molecule has 1 unspecified atom stereocenters. The van der Waals surface area contributed by atoms with Gasteiger partial charge in [0.05, 0.1) is 19.2 Å². The fourth-order valence-corrected chi connectivity index (χ4v) is 1.85. The predicted octanol–water partition coefficient (Wildman–Crippen LogP) is 0.801. The van der Waals surface area contributed by atoms with Crippen LogP contribution < -0.4 is 5.32 Å². The Balaban J connectivity index is 4.36. The van der Waals surface area contributed by atoms with Crippen molar-refractivity contribution in [3.8, 4) is 0 Å². The first kappa shape index (κ1) is 18.9. The van der Waals surface area contributed by atoms with Crippen LogP contribution in [0.15, 0.2) is 0 Å².